The average molecular weight is 416 g/mol. The molecule has 0 aromatic carbocycles. The first-order valence-corrected chi connectivity index (χ1v) is 11.3. The molecule has 1 N–H and O–H groups in total. The van der Waals surface area contributed by atoms with Gasteiger partial charge in [-0.15, -0.1) is 0 Å². The molecule has 156 valence electrons. The van der Waals surface area contributed by atoms with Crippen LogP contribution in [0.15, 0.2) is 11.1 Å². The summed E-state index contributed by atoms with van der Waals surface area (Å²) in [6, 6.07) is 0.990. The average Bonchev–Trinajstić information content (AvgIpc) is 2.94. The van der Waals surface area contributed by atoms with E-state index in [9.17, 15) is 17.2 Å². The van der Waals surface area contributed by atoms with E-state index >= 15 is 0 Å². The molecule has 4 heterocycles. The summed E-state index contributed by atoms with van der Waals surface area (Å²) in [6.45, 7) is 3.84. The second kappa shape index (κ2) is 6.20. The van der Waals surface area contributed by atoms with Crippen LogP contribution < -0.4 is 5.32 Å². The summed E-state index contributed by atoms with van der Waals surface area (Å²) in [4.78, 5) is 0. The number of alkyl halides is 2. The second-order valence-electron chi connectivity index (χ2n) is 9.10. The summed E-state index contributed by atoms with van der Waals surface area (Å²) in [5, 5.41) is 6.83. The molecule has 28 heavy (non-hydrogen) atoms. The van der Waals surface area contributed by atoms with E-state index in [0.29, 0.717) is 30.5 Å². The third-order valence-electron chi connectivity index (χ3n) is 7.39. The second-order valence-corrected chi connectivity index (χ2v) is 11.0. The minimum atomic E-state index is -3.81. The van der Waals surface area contributed by atoms with Crippen LogP contribution in [0.1, 0.15) is 37.8 Å². The molecule has 4 fully saturated rings. The van der Waals surface area contributed by atoms with Crippen LogP contribution in [-0.4, -0.2) is 61.4 Å². The number of piperidine rings is 1. The minimum Gasteiger partial charge on any atom is -0.376 e. The molecule has 3 aliphatic heterocycles. The first-order chi connectivity index (χ1) is 13.2. The van der Waals surface area contributed by atoms with Crippen molar-refractivity contribution in [2.75, 3.05) is 32.8 Å². The minimum absolute atomic E-state index is 0.160. The van der Waals surface area contributed by atoms with Crippen molar-refractivity contribution in [2.45, 2.75) is 43.2 Å². The molecule has 3 saturated heterocycles. The van der Waals surface area contributed by atoms with Crippen molar-refractivity contribution in [1.29, 1.82) is 0 Å². The molecule has 0 amide bonds. The maximum Gasteiger partial charge on any atom is 0.282 e. The highest BCUT2D eigenvalue weighted by molar-refractivity contribution is 7.89. The Bertz CT molecular complexity index is 862. The molecule has 1 atom stereocenters. The fourth-order valence-corrected chi connectivity index (χ4v) is 7.20. The van der Waals surface area contributed by atoms with E-state index in [-0.39, 0.29) is 10.4 Å². The highest BCUT2D eigenvalue weighted by Crippen LogP contribution is 2.59. The van der Waals surface area contributed by atoms with Crippen LogP contribution in [0.25, 0.3) is 0 Å². The van der Waals surface area contributed by atoms with Gasteiger partial charge in [-0.1, -0.05) is 0 Å². The number of nitrogens with one attached hydrogen (secondary N) is 1. The molecule has 2 spiro atoms. The molecule has 10 heteroatoms. The van der Waals surface area contributed by atoms with Gasteiger partial charge >= 0.3 is 0 Å². The molecule has 0 bridgehead atoms. The van der Waals surface area contributed by atoms with Gasteiger partial charge in [-0.25, -0.2) is 17.2 Å². The summed E-state index contributed by atoms with van der Waals surface area (Å²) in [7, 11) is -2.42. The van der Waals surface area contributed by atoms with Crippen molar-refractivity contribution < 1.29 is 21.9 Å². The van der Waals surface area contributed by atoms with Crippen LogP contribution in [0, 0.1) is 16.7 Å². The standard InChI is InChI=1S/C18H26F2N4O3S/c1-23-14(6-13(22-23)16(19)20)28(25,26)24-4-2-17(3-5-24)7-12(8-17)15-18(11-27-15)9-21-10-18/h6,12,15-16,21H,2-5,7-11H2,1H3. The molecule has 4 aliphatic rings. The summed E-state index contributed by atoms with van der Waals surface area (Å²) >= 11 is 0. The maximum absolute atomic E-state index is 12.9. The van der Waals surface area contributed by atoms with Crippen molar-refractivity contribution in [1.82, 2.24) is 19.4 Å². The van der Waals surface area contributed by atoms with Crippen LogP contribution in [0.2, 0.25) is 0 Å². The highest BCUT2D eigenvalue weighted by atomic mass is 32.2. The lowest BCUT2D eigenvalue weighted by molar-refractivity contribution is -0.256. The van der Waals surface area contributed by atoms with Crippen molar-refractivity contribution in [3.63, 3.8) is 0 Å². The third kappa shape index (κ3) is 2.68. The van der Waals surface area contributed by atoms with Gasteiger partial charge < -0.3 is 10.1 Å². The Morgan fingerprint density at radius 2 is 1.96 bits per heavy atom. The predicted octanol–water partition coefficient (Wildman–Crippen LogP) is 1.53. The van der Waals surface area contributed by atoms with E-state index in [4.69, 9.17) is 4.74 Å². The van der Waals surface area contributed by atoms with Crippen LogP contribution in [0.4, 0.5) is 8.78 Å². The Kier molecular flexibility index (Phi) is 4.18. The van der Waals surface area contributed by atoms with Gasteiger partial charge in [0, 0.05) is 44.7 Å². The fraction of sp³-hybridized carbons (Fsp3) is 0.833. The molecular weight excluding hydrogens is 390 g/mol. The monoisotopic (exact) mass is 416 g/mol. The van der Waals surface area contributed by atoms with Crippen LogP contribution >= 0.6 is 0 Å². The van der Waals surface area contributed by atoms with Crippen molar-refractivity contribution in [3.8, 4) is 0 Å². The Labute approximate surface area is 163 Å². The van der Waals surface area contributed by atoms with Gasteiger partial charge in [0.05, 0.1) is 12.7 Å². The van der Waals surface area contributed by atoms with Crippen LogP contribution in [-0.2, 0) is 21.8 Å². The number of hydrogen-bond acceptors (Lipinski definition) is 5. The van der Waals surface area contributed by atoms with Gasteiger partial charge in [-0.2, -0.15) is 9.40 Å². The molecule has 5 rings (SSSR count). The number of rotatable bonds is 4. The van der Waals surface area contributed by atoms with Crippen molar-refractivity contribution in [2.24, 2.45) is 23.8 Å². The lowest BCUT2D eigenvalue weighted by Crippen LogP contribution is -2.72. The number of nitrogens with zero attached hydrogens (tertiary/aromatic N) is 3. The maximum atomic E-state index is 12.9. The van der Waals surface area contributed by atoms with Crippen molar-refractivity contribution in [3.05, 3.63) is 11.8 Å². The number of aryl methyl sites for hydroxylation is 1. The van der Waals surface area contributed by atoms with Gasteiger partial charge in [0.2, 0.25) is 0 Å². The SMILES string of the molecule is Cn1nc(C(F)F)cc1S(=O)(=O)N1CCC2(CC1)CC(C1OCC13CNC3)C2. The number of ether oxygens (including phenoxy) is 1. The normalized spacial score (nSPS) is 29.6. The van der Waals surface area contributed by atoms with Gasteiger partial charge in [-0.3, -0.25) is 4.68 Å². The van der Waals surface area contributed by atoms with E-state index in [0.717, 1.165) is 56.1 Å². The predicted molar refractivity (Wildman–Crippen MR) is 96.4 cm³/mol. The lowest BCUT2D eigenvalue weighted by atomic mass is 9.52. The van der Waals surface area contributed by atoms with Crippen LogP contribution in [0.3, 0.4) is 0 Å². The molecular formula is C18H26F2N4O3S. The third-order valence-corrected chi connectivity index (χ3v) is 9.35. The summed E-state index contributed by atoms with van der Waals surface area (Å²) in [5.74, 6) is 0.588. The number of sulfonamides is 1. The molecule has 1 aliphatic carbocycles. The van der Waals surface area contributed by atoms with E-state index < -0.39 is 22.1 Å². The molecule has 1 unspecified atom stereocenters. The Morgan fingerprint density at radius 3 is 2.43 bits per heavy atom. The largest absolute Gasteiger partial charge is 0.376 e. The van der Waals surface area contributed by atoms with E-state index in [1.807, 2.05) is 0 Å². The summed E-state index contributed by atoms with van der Waals surface area (Å²) in [5.41, 5.74) is 0.0728. The zero-order valence-corrected chi connectivity index (χ0v) is 16.7. The summed E-state index contributed by atoms with van der Waals surface area (Å²) in [6.07, 6.45) is 1.43. The van der Waals surface area contributed by atoms with E-state index in [2.05, 4.69) is 10.4 Å². The van der Waals surface area contributed by atoms with Gasteiger partial charge in [-0.05, 0) is 37.0 Å². The van der Waals surface area contributed by atoms with Crippen molar-refractivity contribution >= 4 is 10.0 Å². The van der Waals surface area contributed by atoms with Crippen LogP contribution in [0.5, 0.6) is 0 Å². The smallest absolute Gasteiger partial charge is 0.282 e. The quantitative estimate of drug-likeness (QED) is 0.806. The Balaban J connectivity index is 1.22. The fourth-order valence-electron chi connectivity index (χ4n) is 5.63. The highest BCUT2D eigenvalue weighted by Gasteiger charge is 2.60. The van der Waals surface area contributed by atoms with Gasteiger partial charge in [0.15, 0.2) is 5.03 Å². The number of aromatic nitrogens is 2. The zero-order chi connectivity index (χ0) is 19.7. The molecule has 0 radical (unpaired) electrons. The van der Waals surface area contributed by atoms with Gasteiger partial charge in [0.1, 0.15) is 5.69 Å². The summed E-state index contributed by atoms with van der Waals surface area (Å²) < 4.78 is 59.9. The lowest BCUT2D eigenvalue weighted by Gasteiger charge is -2.63. The van der Waals surface area contributed by atoms with Gasteiger partial charge in [0.25, 0.3) is 16.4 Å². The first-order valence-electron chi connectivity index (χ1n) is 9.89. The molecule has 1 saturated carbocycles. The molecule has 1 aromatic heterocycles. The molecule has 1 aromatic rings. The first kappa shape index (κ1) is 18.9. The number of halogens is 2. The van der Waals surface area contributed by atoms with E-state index in [1.54, 1.807) is 0 Å². The number of hydrogen-bond donors (Lipinski definition) is 1. The van der Waals surface area contributed by atoms with E-state index in [1.165, 1.54) is 11.4 Å². The molecule has 7 nitrogen and oxygen atoms in total. The Morgan fingerprint density at radius 1 is 1.29 bits per heavy atom. The topological polar surface area (TPSA) is 76.5 Å². The zero-order valence-electron chi connectivity index (χ0n) is 15.9. The Hall–Kier alpha value is -1.10.